The van der Waals surface area contributed by atoms with E-state index < -0.39 is 0 Å². The number of ether oxygens (including phenoxy) is 2. The van der Waals surface area contributed by atoms with Crippen molar-refractivity contribution in [3.05, 3.63) is 58.1 Å². The van der Waals surface area contributed by atoms with E-state index in [1.54, 1.807) is 7.11 Å². The van der Waals surface area contributed by atoms with Crippen LogP contribution in [-0.2, 0) is 13.2 Å². The highest BCUT2D eigenvalue weighted by Gasteiger charge is 2.07. The van der Waals surface area contributed by atoms with Gasteiger partial charge in [0.25, 0.3) is 0 Å². The molecule has 0 unspecified atom stereocenters. The van der Waals surface area contributed by atoms with Gasteiger partial charge in [0, 0.05) is 17.1 Å². The molecule has 0 aliphatic rings. The molecular formula is C17H20ClNO2. The summed E-state index contributed by atoms with van der Waals surface area (Å²) < 4.78 is 11.2. The van der Waals surface area contributed by atoms with Gasteiger partial charge in [-0.3, -0.25) is 0 Å². The van der Waals surface area contributed by atoms with E-state index in [1.807, 2.05) is 50.4 Å². The lowest BCUT2D eigenvalue weighted by molar-refractivity contribution is 0.284. The Bertz CT molecular complexity index is 614. The average Bonchev–Trinajstić information content (AvgIpc) is 2.47. The van der Waals surface area contributed by atoms with Gasteiger partial charge in [0.1, 0.15) is 6.61 Å². The summed E-state index contributed by atoms with van der Waals surface area (Å²) in [5.41, 5.74) is 3.25. The van der Waals surface area contributed by atoms with Crippen LogP contribution in [0.5, 0.6) is 11.5 Å². The summed E-state index contributed by atoms with van der Waals surface area (Å²) in [4.78, 5) is 0. The molecule has 112 valence electrons. The van der Waals surface area contributed by atoms with Crippen LogP contribution in [0.25, 0.3) is 0 Å². The summed E-state index contributed by atoms with van der Waals surface area (Å²) in [6.07, 6.45) is 0. The fourth-order valence-corrected chi connectivity index (χ4v) is 2.36. The zero-order chi connectivity index (χ0) is 15.2. The van der Waals surface area contributed by atoms with E-state index in [0.717, 1.165) is 34.0 Å². The monoisotopic (exact) mass is 305 g/mol. The second-order valence-corrected chi connectivity index (χ2v) is 5.31. The maximum Gasteiger partial charge on any atom is 0.161 e. The normalized spacial score (nSPS) is 10.5. The van der Waals surface area contributed by atoms with Gasteiger partial charge in [-0.05, 0) is 43.3 Å². The molecule has 0 aromatic heterocycles. The van der Waals surface area contributed by atoms with E-state index in [1.165, 1.54) is 0 Å². The van der Waals surface area contributed by atoms with Crippen LogP contribution in [0.2, 0.25) is 5.02 Å². The maximum atomic E-state index is 6.22. The van der Waals surface area contributed by atoms with E-state index in [0.29, 0.717) is 12.4 Å². The molecule has 0 heterocycles. The summed E-state index contributed by atoms with van der Waals surface area (Å²) in [5, 5.41) is 3.83. The first-order valence-corrected chi connectivity index (χ1v) is 7.21. The van der Waals surface area contributed by atoms with Crippen molar-refractivity contribution in [2.45, 2.75) is 20.1 Å². The molecule has 21 heavy (non-hydrogen) atoms. The molecule has 4 heteroatoms. The quantitative estimate of drug-likeness (QED) is 0.876. The fraction of sp³-hybridized carbons (Fsp3) is 0.294. The maximum absolute atomic E-state index is 6.22. The molecule has 0 spiro atoms. The van der Waals surface area contributed by atoms with Crippen LogP contribution < -0.4 is 14.8 Å². The van der Waals surface area contributed by atoms with Crippen molar-refractivity contribution in [3.8, 4) is 11.5 Å². The topological polar surface area (TPSA) is 30.5 Å². The van der Waals surface area contributed by atoms with Gasteiger partial charge in [-0.2, -0.15) is 0 Å². The Labute approximate surface area is 130 Å². The second-order valence-electron chi connectivity index (χ2n) is 4.90. The van der Waals surface area contributed by atoms with E-state index in [9.17, 15) is 0 Å². The van der Waals surface area contributed by atoms with E-state index >= 15 is 0 Å². The van der Waals surface area contributed by atoms with Crippen LogP contribution in [0, 0.1) is 6.92 Å². The van der Waals surface area contributed by atoms with Crippen LogP contribution in [0.1, 0.15) is 16.7 Å². The van der Waals surface area contributed by atoms with Crippen LogP contribution in [0.4, 0.5) is 0 Å². The van der Waals surface area contributed by atoms with Gasteiger partial charge in [0.05, 0.1) is 7.11 Å². The van der Waals surface area contributed by atoms with E-state index in [-0.39, 0.29) is 0 Å². The Hall–Kier alpha value is -1.71. The summed E-state index contributed by atoms with van der Waals surface area (Å²) in [6, 6.07) is 11.9. The number of methoxy groups -OCH3 is 1. The lowest BCUT2D eigenvalue weighted by Gasteiger charge is -2.13. The first-order valence-electron chi connectivity index (χ1n) is 6.83. The zero-order valence-electron chi connectivity index (χ0n) is 12.6. The molecule has 2 aromatic rings. The van der Waals surface area contributed by atoms with Crippen molar-refractivity contribution in [2.24, 2.45) is 0 Å². The zero-order valence-corrected chi connectivity index (χ0v) is 13.3. The summed E-state index contributed by atoms with van der Waals surface area (Å²) in [7, 11) is 3.56. The van der Waals surface area contributed by atoms with Gasteiger partial charge < -0.3 is 14.8 Å². The fourth-order valence-electron chi connectivity index (χ4n) is 2.07. The Morgan fingerprint density at radius 1 is 1.10 bits per heavy atom. The minimum absolute atomic E-state index is 0.418. The Kier molecular flexibility index (Phi) is 5.48. The standard InChI is InChI=1S/C17H20ClNO2/c1-12-4-6-14(15(18)8-12)11-21-16-7-5-13(10-19-2)9-17(16)20-3/h4-9,19H,10-11H2,1-3H3. The lowest BCUT2D eigenvalue weighted by Crippen LogP contribution is -2.05. The van der Waals surface area contributed by atoms with Gasteiger partial charge in [0.2, 0.25) is 0 Å². The van der Waals surface area contributed by atoms with Crippen LogP contribution in [0.15, 0.2) is 36.4 Å². The van der Waals surface area contributed by atoms with Crippen molar-refractivity contribution in [1.29, 1.82) is 0 Å². The van der Waals surface area contributed by atoms with E-state index in [4.69, 9.17) is 21.1 Å². The van der Waals surface area contributed by atoms with Crippen molar-refractivity contribution >= 4 is 11.6 Å². The van der Waals surface area contributed by atoms with Gasteiger partial charge in [0.15, 0.2) is 11.5 Å². The van der Waals surface area contributed by atoms with Gasteiger partial charge in [-0.25, -0.2) is 0 Å². The number of aryl methyl sites for hydroxylation is 1. The molecule has 0 radical (unpaired) electrons. The largest absolute Gasteiger partial charge is 0.493 e. The number of hydrogen-bond acceptors (Lipinski definition) is 3. The van der Waals surface area contributed by atoms with Crippen molar-refractivity contribution in [3.63, 3.8) is 0 Å². The molecule has 0 aliphatic heterocycles. The number of hydrogen-bond donors (Lipinski definition) is 1. The van der Waals surface area contributed by atoms with Crippen LogP contribution in [-0.4, -0.2) is 14.2 Å². The van der Waals surface area contributed by atoms with Crippen molar-refractivity contribution < 1.29 is 9.47 Å². The van der Waals surface area contributed by atoms with E-state index in [2.05, 4.69) is 5.32 Å². The highest BCUT2D eigenvalue weighted by atomic mass is 35.5. The molecule has 2 aromatic carbocycles. The predicted molar refractivity (Wildman–Crippen MR) is 86.3 cm³/mol. The SMILES string of the molecule is CNCc1ccc(OCc2ccc(C)cc2Cl)c(OC)c1. The van der Waals surface area contributed by atoms with Crippen LogP contribution >= 0.6 is 11.6 Å². The molecule has 2 rings (SSSR count). The number of nitrogens with one attached hydrogen (secondary N) is 1. The third-order valence-electron chi connectivity index (χ3n) is 3.20. The third kappa shape index (κ3) is 4.13. The number of rotatable bonds is 6. The molecular weight excluding hydrogens is 286 g/mol. The molecule has 0 amide bonds. The molecule has 0 fully saturated rings. The van der Waals surface area contributed by atoms with Gasteiger partial charge in [-0.1, -0.05) is 29.8 Å². The van der Waals surface area contributed by atoms with Crippen LogP contribution in [0.3, 0.4) is 0 Å². The average molecular weight is 306 g/mol. The number of benzene rings is 2. The molecule has 0 bridgehead atoms. The predicted octanol–water partition coefficient (Wildman–Crippen LogP) is 3.96. The molecule has 0 aliphatic carbocycles. The smallest absolute Gasteiger partial charge is 0.161 e. The molecule has 1 N–H and O–H groups in total. The Morgan fingerprint density at radius 3 is 2.57 bits per heavy atom. The van der Waals surface area contributed by atoms with Crippen molar-refractivity contribution in [1.82, 2.24) is 5.32 Å². The number of halogens is 1. The first-order chi connectivity index (χ1) is 10.1. The van der Waals surface area contributed by atoms with Gasteiger partial charge in [-0.15, -0.1) is 0 Å². The highest BCUT2D eigenvalue weighted by molar-refractivity contribution is 6.31. The molecule has 3 nitrogen and oxygen atoms in total. The lowest BCUT2D eigenvalue weighted by atomic mass is 10.1. The second kappa shape index (κ2) is 7.34. The third-order valence-corrected chi connectivity index (χ3v) is 3.55. The summed E-state index contributed by atoms with van der Waals surface area (Å²) in [5.74, 6) is 1.44. The summed E-state index contributed by atoms with van der Waals surface area (Å²) in [6.45, 7) is 3.22. The van der Waals surface area contributed by atoms with Crippen molar-refractivity contribution in [2.75, 3.05) is 14.2 Å². The Balaban J connectivity index is 2.12. The highest BCUT2D eigenvalue weighted by Crippen LogP contribution is 2.29. The molecule has 0 atom stereocenters. The minimum atomic E-state index is 0.418. The first kappa shape index (κ1) is 15.7. The molecule has 0 saturated heterocycles. The minimum Gasteiger partial charge on any atom is -0.493 e. The van der Waals surface area contributed by atoms with Gasteiger partial charge >= 0.3 is 0 Å². The molecule has 0 saturated carbocycles. The summed E-state index contributed by atoms with van der Waals surface area (Å²) >= 11 is 6.22. The Morgan fingerprint density at radius 2 is 1.90 bits per heavy atom.